The Balaban J connectivity index is 1.70. The van der Waals surface area contributed by atoms with Gasteiger partial charge in [0.1, 0.15) is 0 Å². The number of rotatable bonds is 5. The molecule has 0 saturated carbocycles. The van der Waals surface area contributed by atoms with Gasteiger partial charge in [-0.2, -0.15) is 0 Å². The molecule has 7 heteroatoms. The number of anilines is 2. The predicted molar refractivity (Wildman–Crippen MR) is 103 cm³/mol. The van der Waals surface area contributed by atoms with Crippen LogP contribution in [0.3, 0.4) is 0 Å². The van der Waals surface area contributed by atoms with Gasteiger partial charge in [0, 0.05) is 30.7 Å². The lowest BCUT2D eigenvalue weighted by Crippen LogP contribution is -2.40. The lowest BCUT2D eigenvalue weighted by molar-refractivity contribution is 0.0600. The van der Waals surface area contributed by atoms with Crippen LogP contribution in [-0.2, 0) is 4.74 Å². The molecule has 0 radical (unpaired) electrons. The maximum absolute atomic E-state index is 12.5. The summed E-state index contributed by atoms with van der Waals surface area (Å²) < 4.78 is 4.69. The number of ether oxygens (including phenoxy) is 1. The van der Waals surface area contributed by atoms with E-state index in [1.165, 1.54) is 13.5 Å². The molecule has 1 amide bonds. The van der Waals surface area contributed by atoms with Gasteiger partial charge in [-0.05, 0) is 43.9 Å². The van der Waals surface area contributed by atoms with Gasteiger partial charge in [0.25, 0.3) is 5.91 Å². The molecule has 3 rings (SSSR count). The highest BCUT2D eigenvalue weighted by molar-refractivity contribution is 6.04. The summed E-state index contributed by atoms with van der Waals surface area (Å²) in [7, 11) is 1.32. The van der Waals surface area contributed by atoms with Gasteiger partial charge in [0.15, 0.2) is 0 Å². The summed E-state index contributed by atoms with van der Waals surface area (Å²) in [6, 6.07) is 7.04. The van der Waals surface area contributed by atoms with Crippen molar-refractivity contribution in [1.29, 1.82) is 0 Å². The SMILES string of the molecule is CCC1CCCCN1c1ncc(C(=O)Nc2cccc(C(=O)OC)c2)cn1. The molecule has 1 N–H and O–H groups in total. The molecule has 2 heterocycles. The Hall–Kier alpha value is -2.96. The Morgan fingerprint density at radius 2 is 2.00 bits per heavy atom. The number of methoxy groups -OCH3 is 1. The Morgan fingerprint density at radius 1 is 1.22 bits per heavy atom. The van der Waals surface area contributed by atoms with Crippen LogP contribution in [0.2, 0.25) is 0 Å². The smallest absolute Gasteiger partial charge is 0.337 e. The molecular formula is C20H24N4O3. The summed E-state index contributed by atoms with van der Waals surface area (Å²) in [6.07, 6.45) is 7.67. The normalized spacial score (nSPS) is 16.7. The first kappa shape index (κ1) is 18.8. The van der Waals surface area contributed by atoms with Crippen molar-refractivity contribution in [3.8, 4) is 0 Å². The minimum absolute atomic E-state index is 0.325. The summed E-state index contributed by atoms with van der Waals surface area (Å²) in [5, 5.41) is 2.76. The van der Waals surface area contributed by atoms with Gasteiger partial charge in [0.2, 0.25) is 5.95 Å². The second-order valence-corrected chi connectivity index (χ2v) is 6.55. The number of amides is 1. The molecule has 1 aliphatic heterocycles. The maximum atomic E-state index is 12.5. The van der Waals surface area contributed by atoms with Crippen LogP contribution >= 0.6 is 0 Å². The zero-order valence-corrected chi connectivity index (χ0v) is 15.6. The van der Waals surface area contributed by atoms with Crippen LogP contribution in [-0.4, -0.2) is 41.5 Å². The minimum Gasteiger partial charge on any atom is -0.465 e. The van der Waals surface area contributed by atoms with E-state index in [4.69, 9.17) is 4.74 Å². The first-order chi connectivity index (χ1) is 13.1. The predicted octanol–water partition coefficient (Wildman–Crippen LogP) is 3.28. The van der Waals surface area contributed by atoms with Crippen LogP contribution in [0.15, 0.2) is 36.7 Å². The van der Waals surface area contributed by atoms with Gasteiger partial charge in [-0.25, -0.2) is 14.8 Å². The average Bonchev–Trinajstić information content (AvgIpc) is 2.73. The molecule has 0 spiro atoms. The Kier molecular flexibility index (Phi) is 6.01. The van der Waals surface area contributed by atoms with E-state index in [0.29, 0.717) is 28.8 Å². The fourth-order valence-electron chi connectivity index (χ4n) is 3.32. The summed E-state index contributed by atoms with van der Waals surface area (Å²) in [5.41, 5.74) is 1.25. The van der Waals surface area contributed by atoms with E-state index in [9.17, 15) is 9.59 Å². The molecule has 0 bridgehead atoms. The van der Waals surface area contributed by atoms with Gasteiger partial charge in [0.05, 0.1) is 18.2 Å². The second kappa shape index (κ2) is 8.62. The number of hydrogen-bond donors (Lipinski definition) is 1. The minimum atomic E-state index is -0.453. The number of carbonyl (C=O) groups is 2. The summed E-state index contributed by atoms with van der Waals surface area (Å²) in [4.78, 5) is 35.1. The molecule has 1 saturated heterocycles. The largest absolute Gasteiger partial charge is 0.465 e. The average molecular weight is 368 g/mol. The van der Waals surface area contributed by atoms with Crippen molar-refractivity contribution < 1.29 is 14.3 Å². The van der Waals surface area contributed by atoms with Crippen LogP contribution < -0.4 is 10.2 Å². The number of aromatic nitrogens is 2. The molecule has 2 aromatic rings. The molecule has 1 aromatic carbocycles. The van der Waals surface area contributed by atoms with Crippen LogP contribution in [0, 0.1) is 0 Å². The monoisotopic (exact) mass is 368 g/mol. The molecule has 1 fully saturated rings. The highest BCUT2D eigenvalue weighted by Crippen LogP contribution is 2.23. The molecule has 1 unspecified atom stereocenters. The van der Waals surface area contributed by atoms with E-state index in [2.05, 4.69) is 27.1 Å². The first-order valence-corrected chi connectivity index (χ1v) is 9.20. The van der Waals surface area contributed by atoms with Gasteiger partial charge >= 0.3 is 5.97 Å². The van der Waals surface area contributed by atoms with E-state index < -0.39 is 5.97 Å². The number of carbonyl (C=O) groups excluding carboxylic acids is 2. The second-order valence-electron chi connectivity index (χ2n) is 6.55. The highest BCUT2D eigenvalue weighted by atomic mass is 16.5. The van der Waals surface area contributed by atoms with Crippen LogP contribution in [0.25, 0.3) is 0 Å². The molecule has 1 aliphatic rings. The number of nitrogens with zero attached hydrogens (tertiary/aromatic N) is 3. The number of piperidine rings is 1. The number of esters is 1. The molecule has 1 atom stereocenters. The quantitative estimate of drug-likeness (QED) is 0.815. The fraction of sp³-hybridized carbons (Fsp3) is 0.400. The van der Waals surface area contributed by atoms with Crippen molar-refractivity contribution in [2.75, 3.05) is 23.9 Å². The van der Waals surface area contributed by atoms with Gasteiger partial charge < -0.3 is 15.0 Å². The van der Waals surface area contributed by atoms with Gasteiger partial charge in [-0.1, -0.05) is 13.0 Å². The lowest BCUT2D eigenvalue weighted by Gasteiger charge is -2.35. The zero-order valence-electron chi connectivity index (χ0n) is 15.6. The summed E-state index contributed by atoms with van der Waals surface area (Å²) >= 11 is 0. The third-order valence-electron chi connectivity index (χ3n) is 4.80. The lowest BCUT2D eigenvalue weighted by atomic mass is 10.0. The third kappa shape index (κ3) is 4.42. The van der Waals surface area contributed by atoms with E-state index in [-0.39, 0.29) is 5.91 Å². The molecular weight excluding hydrogens is 344 g/mol. The summed E-state index contributed by atoms with van der Waals surface area (Å²) in [6.45, 7) is 3.12. The van der Waals surface area contributed by atoms with Crippen molar-refractivity contribution >= 4 is 23.5 Å². The standard InChI is InChI=1S/C20H24N4O3/c1-3-17-9-4-5-10-24(17)20-21-12-15(13-22-20)18(25)23-16-8-6-7-14(11-16)19(26)27-2/h6-8,11-13,17H,3-5,9-10H2,1-2H3,(H,23,25). The van der Waals surface area contributed by atoms with E-state index in [1.807, 2.05) is 0 Å². The van der Waals surface area contributed by atoms with Crippen molar-refractivity contribution in [2.45, 2.75) is 38.6 Å². The first-order valence-electron chi connectivity index (χ1n) is 9.20. The van der Waals surface area contributed by atoms with Gasteiger partial charge in [-0.3, -0.25) is 4.79 Å². The highest BCUT2D eigenvalue weighted by Gasteiger charge is 2.23. The molecule has 27 heavy (non-hydrogen) atoms. The zero-order chi connectivity index (χ0) is 19.2. The van der Waals surface area contributed by atoms with Gasteiger partial charge in [-0.15, -0.1) is 0 Å². The third-order valence-corrected chi connectivity index (χ3v) is 4.80. The van der Waals surface area contributed by atoms with Crippen LogP contribution in [0.4, 0.5) is 11.6 Å². The van der Waals surface area contributed by atoms with E-state index in [0.717, 1.165) is 25.8 Å². The van der Waals surface area contributed by atoms with Crippen LogP contribution in [0.1, 0.15) is 53.3 Å². The molecule has 142 valence electrons. The molecule has 0 aliphatic carbocycles. The topological polar surface area (TPSA) is 84.4 Å². The van der Waals surface area contributed by atoms with E-state index in [1.54, 1.807) is 36.7 Å². The fourth-order valence-corrected chi connectivity index (χ4v) is 3.32. The number of hydrogen-bond acceptors (Lipinski definition) is 6. The Labute approximate surface area is 158 Å². The Morgan fingerprint density at radius 3 is 2.70 bits per heavy atom. The number of benzene rings is 1. The van der Waals surface area contributed by atoms with Crippen LogP contribution in [0.5, 0.6) is 0 Å². The number of nitrogens with one attached hydrogen (secondary N) is 1. The van der Waals surface area contributed by atoms with Crippen molar-refractivity contribution in [3.05, 3.63) is 47.8 Å². The van der Waals surface area contributed by atoms with Crippen molar-refractivity contribution in [3.63, 3.8) is 0 Å². The van der Waals surface area contributed by atoms with Crippen molar-refractivity contribution in [2.24, 2.45) is 0 Å². The Bertz CT molecular complexity index is 807. The molecule has 7 nitrogen and oxygen atoms in total. The molecule has 1 aromatic heterocycles. The van der Waals surface area contributed by atoms with Crippen molar-refractivity contribution in [1.82, 2.24) is 9.97 Å². The summed E-state index contributed by atoms with van der Waals surface area (Å²) in [5.74, 6) is -0.106. The maximum Gasteiger partial charge on any atom is 0.337 e. The van der Waals surface area contributed by atoms with E-state index >= 15 is 0 Å².